The summed E-state index contributed by atoms with van der Waals surface area (Å²) >= 11 is 0. The maximum atomic E-state index is 3.38. The molecule has 1 aromatic rings. The summed E-state index contributed by atoms with van der Waals surface area (Å²) in [5.41, 5.74) is 4.05. The second kappa shape index (κ2) is 5.52. The number of nitrogens with zero attached hydrogens (tertiary/aromatic N) is 2. The van der Waals surface area contributed by atoms with Crippen molar-refractivity contribution in [3.8, 4) is 0 Å². The Morgan fingerprint density at radius 1 is 1.18 bits per heavy atom. The molecule has 2 rings (SSSR count). The van der Waals surface area contributed by atoms with Crippen molar-refractivity contribution in [2.24, 2.45) is 0 Å². The molecule has 0 atom stereocenters. The lowest BCUT2D eigenvalue weighted by atomic mass is 10.1. The second-order valence-electron chi connectivity index (χ2n) is 4.98. The van der Waals surface area contributed by atoms with Gasteiger partial charge < -0.3 is 10.2 Å². The fourth-order valence-corrected chi connectivity index (χ4v) is 2.20. The first-order valence-electron chi connectivity index (χ1n) is 6.38. The molecular formula is C14H23N3. The van der Waals surface area contributed by atoms with E-state index < -0.39 is 0 Å². The number of hydrogen-bond acceptors (Lipinski definition) is 3. The van der Waals surface area contributed by atoms with Crippen LogP contribution in [0.3, 0.4) is 0 Å². The van der Waals surface area contributed by atoms with Crippen LogP contribution in [0.15, 0.2) is 18.2 Å². The zero-order chi connectivity index (χ0) is 12.3. The highest BCUT2D eigenvalue weighted by atomic mass is 15.3. The van der Waals surface area contributed by atoms with E-state index in [0.717, 1.165) is 32.8 Å². The van der Waals surface area contributed by atoms with Crippen molar-refractivity contribution in [1.82, 2.24) is 10.2 Å². The Hall–Kier alpha value is -1.06. The van der Waals surface area contributed by atoms with Crippen LogP contribution in [-0.2, 0) is 0 Å². The van der Waals surface area contributed by atoms with Crippen molar-refractivity contribution in [3.05, 3.63) is 29.3 Å². The first kappa shape index (κ1) is 12.4. The van der Waals surface area contributed by atoms with Gasteiger partial charge in [0.05, 0.1) is 6.67 Å². The van der Waals surface area contributed by atoms with E-state index in [4.69, 9.17) is 0 Å². The lowest BCUT2D eigenvalue weighted by molar-refractivity contribution is 0.243. The molecule has 3 nitrogen and oxygen atoms in total. The fourth-order valence-electron chi connectivity index (χ4n) is 2.20. The molecule has 1 fully saturated rings. The summed E-state index contributed by atoms with van der Waals surface area (Å²) in [5, 5.41) is 3.38. The highest BCUT2D eigenvalue weighted by Gasteiger charge is 2.11. The van der Waals surface area contributed by atoms with Crippen molar-refractivity contribution < 1.29 is 0 Å². The third-order valence-electron chi connectivity index (χ3n) is 3.55. The third-order valence-corrected chi connectivity index (χ3v) is 3.55. The monoisotopic (exact) mass is 233 g/mol. The van der Waals surface area contributed by atoms with Gasteiger partial charge in [-0.3, -0.25) is 4.90 Å². The van der Waals surface area contributed by atoms with Gasteiger partial charge in [-0.1, -0.05) is 6.07 Å². The molecule has 94 valence electrons. The van der Waals surface area contributed by atoms with Crippen LogP contribution in [0.4, 0.5) is 5.69 Å². The molecule has 0 spiro atoms. The summed E-state index contributed by atoms with van der Waals surface area (Å²) in [6.45, 7) is 9.88. The number of anilines is 1. The van der Waals surface area contributed by atoms with Crippen LogP contribution in [0.2, 0.25) is 0 Å². The summed E-state index contributed by atoms with van der Waals surface area (Å²) in [6.07, 6.45) is 0. The predicted molar refractivity (Wildman–Crippen MR) is 73.6 cm³/mol. The normalized spacial score (nSPS) is 17.1. The molecule has 0 amide bonds. The zero-order valence-corrected chi connectivity index (χ0v) is 11.2. The first-order valence-corrected chi connectivity index (χ1v) is 6.38. The van der Waals surface area contributed by atoms with E-state index in [1.54, 1.807) is 0 Å². The molecule has 1 aromatic carbocycles. The Labute approximate surface area is 104 Å². The SMILES string of the molecule is Cc1ccc(N(C)CN2CCNCC2)cc1C. The van der Waals surface area contributed by atoms with Gasteiger partial charge >= 0.3 is 0 Å². The highest BCUT2D eigenvalue weighted by molar-refractivity contribution is 5.49. The summed E-state index contributed by atoms with van der Waals surface area (Å²) in [6, 6.07) is 6.70. The average molecular weight is 233 g/mol. The maximum Gasteiger partial charge on any atom is 0.0704 e. The number of benzene rings is 1. The van der Waals surface area contributed by atoms with Crippen LogP contribution >= 0.6 is 0 Å². The van der Waals surface area contributed by atoms with E-state index in [2.05, 4.69) is 54.2 Å². The Balaban J connectivity index is 1.98. The quantitative estimate of drug-likeness (QED) is 0.855. The van der Waals surface area contributed by atoms with Crippen molar-refractivity contribution in [1.29, 1.82) is 0 Å². The van der Waals surface area contributed by atoms with Crippen LogP contribution < -0.4 is 10.2 Å². The molecule has 1 aliphatic rings. The predicted octanol–water partition coefficient (Wildman–Crippen LogP) is 1.60. The third kappa shape index (κ3) is 3.20. The van der Waals surface area contributed by atoms with Crippen molar-refractivity contribution in [3.63, 3.8) is 0 Å². The van der Waals surface area contributed by atoms with Gasteiger partial charge in [0.25, 0.3) is 0 Å². The number of aryl methyl sites for hydroxylation is 2. The Morgan fingerprint density at radius 2 is 1.88 bits per heavy atom. The lowest BCUT2D eigenvalue weighted by Crippen LogP contribution is -2.47. The molecular weight excluding hydrogens is 210 g/mol. The van der Waals surface area contributed by atoms with E-state index >= 15 is 0 Å². The lowest BCUT2D eigenvalue weighted by Gasteiger charge is -2.32. The Morgan fingerprint density at radius 3 is 2.53 bits per heavy atom. The topological polar surface area (TPSA) is 18.5 Å². The second-order valence-corrected chi connectivity index (χ2v) is 4.98. The van der Waals surface area contributed by atoms with E-state index in [0.29, 0.717) is 0 Å². The van der Waals surface area contributed by atoms with E-state index in [1.807, 2.05) is 0 Å². The van der Waals surface area contributed by atoms with Gasteiger partial charge in [0.2, 0.25) is 0 Å². The summed E-state index contributed by atoms with van der Waals surface area (Å²) in [7, 11) is 2.17. The minimum Gasteiger partial charge on any atom is -0.362 e. The van der Waals surface area contributed by atoms with Crippen LogP contribution in [0.25, 0.3) is 0 Å². The number of piperazine rings is 1. The van der Waals surface area contributed by atoms with E-state index in [-0.39, 0.29) is 0 Å². The van der Waals surface area contributed by atoms with Crippen LogP contribution in [0.5, 0.6) is 0 Å². The van der Waals surface area contributed by atoms with Crippen LogP contribution in [0.1, 0.15) is 11.1 Å². The maximum absolute atomic E-state index is 3.38. The van der Waals surface area contributed by atoms with Crippen LogP contribution in [0, 0.1) is 13.8 Å². The van der Waals surface area contributed by atoms with Gasteiger partial charge in [0, 0.05) is 38.9 Å². The van der Waals surface area contributed by atoms with Crippen molar-refractivity contribution >= 4 is 5.69 Å². The molecule has 0 bridgehead atoms. The number of rotatable bonds is 3. The van der Waals surface area contributed by atoms with Gasteiger partial charge in [-0.2, -0.15) is 0 Å². The Kier molecular flexibility index (Phi) is 4.02. The molecule has 0 unspecified atom stereocenters. The Bertz CT molecular complexity index is 370. The minimum absolute atomic E-state index is 1.02. The minimum atomic E-state index is 1.02. The molecule has 17 heavy (non-hydrogen) atoms. The first-order chi connectivity index (χ1) is 8.16. The standard InChI is InChI=1S/C14H23N3/c1-12-4-5-14(10-13(12)2)16(3)11-17-8-6-15-7-9-17/h4-5,10,15H,6-9,11H2,1-3H3. The average Bonchev–Trinajstić information content (AvgIpc) is 2.34. The molecule has 0 aliphatic carbocycles. The largest absolute Gasteiger partial charge is 0.362 e. The molecule has 0 saturated carbocycles. The van der Waals surface area contributed by atoms with Crippen LogP contribution in [-0.4, -0.2) is 44.8 Å². The van der Waals surface area contributed by atoms with Gasteiger partial charge in [-0.15, -0.1) is 0 Å². The number of nitrogens with one attached hydrogen (secondary N) is 1. The van der Waals surface area contributed by atoms with Crippen molar-refractivity contribution in [2.45, 2.75) is 13.8 Å². The molecule has 1 heterocycles. The van der Waals surface area contributed by atoms with Gasteiger partial charge in [-0.05, 0) is 37.1 Å². The van der Waals surface area contributed by atoms with Gasteiger partial charge in [-0.25, -0.2) is 0 Å². The molecule has 1 saturated heterocycles. The van der Waals surface area contributed by atoms with Crippen molar-refractivity contribution in [2.75, 3.05) is 44.8 Å². The zero-order valence-electron chi connectivity index (χ0n) is 11.2. The smallest absolute Gasteiger partial charge is 0.0704 e. The molecule has 1 N–H and O–H groups in total. The molecule has 1 aliphatic heterocycles. The number of hydrogen-bond donors (Lipinski definition) is 1. The van der Waals surface area contributed by atoms with E-state index in [1.165, 1.54) is 16.8 Å². The molecule has 3 heteroatoms. The van der Waals surface area contributed by atoms with Gasteiger partial charge in [0.15, 0.2) is 0 Å². The summed E-state index contributed by atoms with van der Waals surface area (Å²) < 4.78 is 0. The molecule has 0 radical (unpaired) electrons. The highest BCUT2D eigenvalue weighted by Crippen LogP contribution is 2.17. The summed E-state index contributed by atoms with van der Waals surface area (Å²) in [4.78, 5) is 4.82. The molecule has 0 aromatic heterocycles. The van der Waals surface area contributed by atoms with E-state index in [9.17, 15) is 0 Å². The summed E-state index contributed by atoms with van der Waals surface area (Å²) in [5.74, 6) is 0. The van der Waals surface area contributed by atoms with Gasteiger partial charge in [0.1, 0.15) is 0 Å². The fraction of sp³-hybridized carbons (Fsp3) is 0.571.